The minimum atomic E-state index is -0.583. The average molecular weight is 340 g/mol. The zero-order chi connectivity index (χ0) is 17.8. The lowest BCUT2D eigenvalue weighted by Gasteiger charge is -2.12. The number of rotatable bonds is 6. The summed E-state index contributed by atoms with van der Waals surface area (Å²) in [4.78, 5) is 23.3. The second kappa shape index (κ2) is 7.25. The second-order valence-corrected chi connectivity index (χ2v) is 5.91. The number of anilines is 1. The first-order valence-corrected chi connectivity index (χ1v) is 8.09. The van der Waals surface area contributed by atoms with Crippen molar-refractivity contribution in [1.29, 1.82) is 0 Å². The molecular formula is C19H20N2O4. The maximum absolute atomic E-state index is 12.5. The van der Waals surface area contributed by atoms with Crippen LogP contribution in [0.15, 0.2) is 36.4 Å². The van der Waals surface area contributed by atoms with E-state index in [0.29, 0.717) is 17.1 Å². The number of fused-ring (bicyclic) bond motifs is 1. The van der Waals surface area contributed by atoms with Gasteiger partial charge in [0.05, 0.1) is 7.11 Å². The average Bonchev–Trinajstić information content (AvgIpc) is 3.07. The lowest BCUT2D eigenvalue weighted by molar-refractivity contribution is -0.119. The van der Waals surface area contributed by atoms with E-state index in [9.17, 15) is 9.59 Å². The molecule has 0 heterocycles. The van der Waals surface area contributed by atoms with Crippen LogP contribution >= 0.6 is 0 Å². The van der Waals surface area contributed by atoms with Crippen LogP contribution in [0.1, 0.15) is 27.9 Å². The minimum absolute atomic E-state index is 0.238. The Kier molecular flexibility index (Phi) is 4.88. The summed E-state index contributed by atoms with van der Waals surface area (Å²) in [5.74, 6) is -0.101. The SMILES string of the molecule is COc1cc(C(=O)Nc2ccc3c(c2)CCC3)ccc1OCC(N)=O. The molecule has 0 aliphatic heterocycles. The number of nitrogens with two attached hydrogens (primary N) is 1. The van der Waals surface area contributed by atoms with Gasteiger partial charge in [0.15, 0.2) is 18.1 Å². The van der Waals surface area contributed by atoms with Gasteiger partial charge in [0.1, 0.15) is 0 Å². The van der Waals surface area contributed by atoms with Crippen molar-refractivity contribution in [3.8, 4) is 11.5 Å². The number of aryl methyl sites for hydroxylation is 2. The topological polar surface area (TPSA) is 90.7 Å². The van der Waals surface area contributed by atoms with Gasteiger partial charge in [0, 0.05) is 11.3 Å². The van der Waals surface area contributed by atoms with Gasteiger partial charge in [-0.2, -0.15) is 0 Å². The fourth-order valence-corrected chi connectivity index (χ4v) is 2.93. The van der Waals surface area contributed by atoms with Crippen molar-refractivity contribution in [2.75, 3.05) is 19.0 Å². The fraction of sp³-hybridized carbons (Fsp3) is 0.263. The summed E-state index contributed by atoms with van der Waals surface area (Å²) in [6.07, 6.45) is 3.32. The number of hydrogen-bond acceptors (Lipinski definition) is 4. The number of amides is 2. The third-order valence-electron chi connectivity index (χ3n) is 4.15. The number of nitrogens with one attached hydrogen (secondary N) is 1. The van der Waals surface area contributed by atoms with E-state index in [0.717, 1.165) is 24.9 Å². The van der Waals surface area contributed by atoms with Gasteiger partial charge >= 0.3 is 0 Å². The third-order valence-corrected chi connectivity index (χ3v) is 4.15. The molecule has 0 atom stereocenters. The van der Waals surface area contributed by atoms with E-state index in [1.54, 1.807) is 18.2 Å². The highest BCUT2D eigenvalue weighted by atomic mass is 16.5. The summed E-state index contributed by atoms with van der Waals surface area (Å²) in [6, 6.07) is 10.8. The predicted octanol–water partition coefficient (Wildman–Crippen LogP) is 2.30. The van der Waals surface area contributed by atoms with Gasteiger partial charge in [0.25, 0.3) is 11.8 Å². The summed E-state index contributed by atoms with van der Waals surface area (Å²) >= 11 is 0. The van der Waals surface area contributed by atoms with E-state index in [1.807, 2.05) is 12.1 Å². The number of ether oxygens (including phenoxy) is 2. The van der Waals surface area contributed by atoms with Crippen LogP contribution in [0.25, 0.3) is 0 Å². The van der Waals surface area contributed by atoms with E-state index in [4.69, 9.17) is 15.2 Å². The molecule has 0 saturated carbocycles. The zero-order valence-electron chi connectivity index (χ0n) is 14.0. The van der Waals surface area contributed by atoms with Crippen LogP contribution in [0, 0.1) is 0 Å². The van der Waals surface area contributed by atoms with Crippen molar-refractivity contribution < 1.29 is 19.1 Å². The summed E-state index contributed by atoms with van der Waals surface area (Å²) in [5, 5.41) is 2.90. The van der Waals surface area contributed by atoms with E-state index in [2.05, 4.69) is 11.4 Å². The highest BCUT2D eigenvalue weighted by Gasteiger charge is 2.14. The van der Waals surface area contributed by atoms with Crippen molar-refractivity contribution in [2.45, 2.75) is 19.3 Å². The highest BCUT2D eigenvalue weighted by Crippen LogP contribution is 2.29. The molecule has 2 aromatic rings. The molecule has 0 spiro atoms. The third kappa shape index (κ3) is 3.91. The Morgan fingerprint density at radius 2 is 1.88 bits per heavy atom. The van der Waals surface area contributed by atoms with Crippen LogP contribution in [0.4, 0.5) is 5.69 Å². The Hall–Kier alpha value is -3.02. The molecule has 2 amide bonds. The van der Waals surface area contributed by atoms with Crippen LogP contribution in [0.3, 0.4) is 0 Å². The summed E-state index contributed by atoms with van der Waals surface area (Å²) in [5.41, 5.74) is 8.93. The molecule has 0 fully saturated rings. The van der Waals surface area contributed by atoms with Crippen LogP contribution in [-0.4, -0.2) is 25.5 Å². The number of primary amides is 1. The lowest BCUT2D eigenvalue weighted by Crippen LogP contribution is -2.20. The number of methoxy groups -OCH3 is 1. The van der Waals surface area contributed by atoms with Gasteiger partial charge < -0.3 is 20.5 Å². The second-order valence-electron chi connectivity index (χ2n) is 5.91. The lowest BCUT2D eigenvalue weighted by atomic mass is 10.1. The smallest absolute Gasteiger partial charge is 0.255 e. The highest BCUT2D eigenvalue weighted by molar-refractivity contribution is 6.04. The van der Waals surface area contributed by atoms with Gasteiger partial charge in [0.2, 0.25) is 0 Å². The molecular weight excluding hydrogens is 320 g/mol. The molecule has 1 aliphatic rings. The Labute approximate surface area is 145 Å². The van der Waals surface area contributed by atoms with Crippen LogP contribution in [0.2, 0.25) is 0 Å². The minimum Gasteiger partial charge on any atom is -0.493 e. The van der Waals surface area contributed by atoms with E-state index < -0.39 is 5.91 Å². The Morgan fingerprint density at radius 3 is 2.64 bits per heavy atom. The number of carbonyl (C=O) groups excluding carboxylic acids is 2. The van der Waals surface area contributed by atoms with Crippen molar-refractivity contribution >= 4 is 17.5 Å². The Morgan fingerprint density at radius 1 is 1.08 bits per heavy atom. The molecule has 3 rings (SSSR count). The molecule has 2 aromatic carbocycles. The van der Waals surface area contributed by atoms with Crippen LogP contribution in [-0.2, 0) is 17.6 Å². The molecule has 6 heteroatoms. The predicted molar refractivity (Wildman–Crippen MR) is 94.1 cm³/mol. The first kappa shape index (κ1) is 16.8. The molecule has 3 N–H and O–H groups in total. The number of hydrogen-bond donors (Lipinski definition) is 2. The van der Waals surface area contributed by atoms with Crippen molar-refractivity contribution in [2.24, 2.45) is 5.73 Å². The molecule has 0 unspecified atom stereocenters. The first-order chi connectivity index (χ1) is 12.1. The molecule has 1 aliphatic carbocycles. The number of carbonyl (C=O) groups is 2. The van der Waals surface area contributed by atoms with Crippen molar-refractivity contribution in [3.63, 3.8) is 0 Å². The quantitative estimate of drug-likeness (QED) is 0.844. The normalized spacial score (nSPS) is 12.4. The monoisotopic (exact) mass is 340 g/mol. The Balaban J connectivity index is 1.74. The zero-order valence-corrected chi connectivity index (χ0v) is 14.0. The summed E-state index contributed by atoms with van der Waals surface area (Å²) in [7, 11) is 1.47. The van der Waals surface area contributed by atoms with Gasteiger partial charge in [-0.1, -0.05) is 6.07 Å². The van der Waals surface area contributed by atoms with Crippen LogP contribution in [0.5, 0.6) is 11.5 Å². The van der Waals surface area contributed by atoms with Gasteiger partial charge in [-0.3, -0.25) is 9.59 Å². The van der Waals surface area contributed by atoms with Gasteiger partial charge in [-0.05, 0) is 60.7 Å². The summed E-state index contributed by atoms with van der Waals surface area (Å²) in [6.45, 7) is -0.253. The van der Waals surface area contributed by atoms with E-state index in [1.165, 1.54) is 18.2 Å². The molecule has 0 aromatic heterocycles. The maximum Gasteiger partial charge on any atom is 0.255 e. The molecule has 6 nitrogen and oxygen atoms in total. The first-order valence-electron chi connectivity index (χ1n) is 8.09. The molecule has 0 radical (unpaired) electrons. The van der Waals surface area contributed by atoms with Gasteiger partial charge in [-0.15, -0.1) is 0 Å². The van der Waals surface area contributed by atoms with Crippen molar-refractivity contribution in [3.05, 3.63) is 53.1 Å². The van der Waals surface area contributed by atoms with Gasteiger partial charge in [-0.25, -0.2) is 0 Å². The molecule has 0 saturated heterocycles. The molecule has 0 bridgehead atoms. The Bertz CT molecular complexity index is 817. The summed E-state index contributed by atoms with van der Waals surface area (Å²) < 4.78 is 10.5. The maximum atomic E-state index is 12.5. The van der Waals surface area contributed by atoms with Crippen molar-refractivity contribution in [1.82, 2.24) is 0 Å². The fourth-order valence-electron chi connectivity index (χ4n) is 2.93. The standard InChI is InChI=1S/C19H20N2O4/c1-24-17-10-14(6-8-16(17)25-11-18(20)22)19(23)21-15-7-5-12-3-2-4-13(12)9-15/h5-10H,2-4,11H2,1H3,(H2,20,22)(H,21,23). The van der Waals surface area contributed by atoms with E-state index in [-0.39, 0.29) is 12.5 Å². The molecule has 130 valence electrons. The van der Waals surface area contributed by atoms with E-state index >= 15 is 0 Å². The molecule has 25 heavy (non-hydrogen) atoms. The number of benzene rings is 2. The largest absolute Gasteiger partial charge is 0.493 e. The van der Waals surface area contributed by atoms with Crippen LogP contribution < -0.4 is 20.5 Å².